The van der Waals surface area contributed by atoms with Gasteiger partial charge in [0.15, 0.2) is 0 Å². The molecule has 8 heteroatoms. The van der Waals surface area contributed by atoms with Crippen LogP contribution in [0.3, 0.4) is 0 Å². The molecule has 0 atom stereocenters. The van der Waals surface area contributed by atoms with Gasteiger partial charge in [-0.3, -0.25) is 0 Å². The molecule has 1 aliphatic heterocycles. The number of aromatic nitrogens is 2. The number of rotatable bonds is 3. The first-order chi connectivity index (χ1) is 9.57. The van der Waals surface area contributed by atoms with Crippen LogP contribution in [0.5, 0.6) is 0 Å². The van der Waals surface area contributed by atoms with E-state index in [0.29, 0.717) is 24.5 Å². The zero-order chi connectivity index (χ0) is 14.2. The molecule has 0 aliphatic carbocycles. The van der Waals surface area contributed by atoms with E-state index in [0.717, 1.165) is 19.3 Å². The minimum absolute atomic E-state index is 0.0785. The van der Waals surface area contributed by atoms with E-state index in [1.807, 2.05) is 0 Å². The van der Waals surface area contributed by atoms with Crippen LogP contribution >= 0.6 is 0 Å². The van der Waals surface area contributed by atoms with Gasteiger partial charge in [0.2, 0.25) is 11.0 Å². The van der Waals surface area contributed by atoms with Crippen molar-refractivity contribution in [3.63, 3.8) is 0 Å². The topological polar surface area (TPSA) is 89.4 Å². The summed E-state index contributed by atoms with van der Waals surface area (Å²) in [4.78, 5) is 0. The first-order valence-electron chi connectivity index (χ1n) is 6.46. The molecule has 1 fully saturated rings. The maximum Gasteiger partial charge on any atom is 0.276 e. The van der Waals surface area contributed by atoms with Gasteiger partial charge in [-0.15, -0.1) is 10.2 Å². The Morgan fingerprint density at radius 2 is 1.95 bits per heavy atom. The highest BCUT2D eigenvalue weighted by Gasteiger charge is 2.29. The Morgan fingerprint density at radius 3 is 2.60 bits per heavy atom. The SMILES string of the molecule is Cc1nnc(-c2coc(S(=O)(=O)N3CCCCC3)c2)o1. The van der Waals surface area contributed by atoms with Gasteiger partial charge in [0.05, 0.1) is 5.56 Å². The van der Waals surface area contributed by atoms with Crippen LogP contribution in [0, 0.1) is 6.92 Å². The molecule has 20 heavy (non-hydrogen) atoms. The fraction of sp³-hybridized carbons (Fsp3) is 0.500. The van der Waals surface area contributed by atoms with E-state index in [4.69, 9.17) is 8.83 Å². The number of furan rings is 1. The molecule has 0 unspecified atom stereocenters. The summed E-state index contributed by atoms with van der Waals surface area (Å²) < 4.78 is 36.7. The minimum atomic E-state index is -3.57. The highest BCUT2D eigenvalue weighted by Crippen LogP contribution is 2.26. The van der Waals surface area contributed by atoms with Gasteiger partial charge in [-0.2, -0.15) is 4.31 Å². The smallest absolute Gasteiger partial charge is 0.276 e. The van der Waals surface area contributed by atoms with Crippen molar-refractivity contribution in [1.29, 1.82) is 0 Å². The van der Waals surface area contributed by atoms with Gasteiger partial charge in [-0.1, -0.05) is 6.42 Å². The van der Waals surface area contributed by atoms with Gasteiger partial charge >= 0.3 is 0 Å². The molecule has 1 saturated heterocycles. The predicted octanol–water partition coefficient (Wildman–Crippen LogP) is 1.81. The largest absolute Gasteiger partial charge is 0.451 e. The van der Waals surface area contributed by atoms with E-state index in [1.54, 1.807) is 6.92 Å². The molecule has 0 N–H and O–H groups in total. The summed E-state index contributed by atoms with van der Waals surface area (Å²) in [6, 6.07) is 1.43. The van der Waals surface area contributed by atoms with Gasteiger partial charge in [0, 0.05) is 26.1 Å². The Kier molecular flexibility index (Phi) is 3.35. The summed E-state index contributed by atoms with van der Waals surface area (Å²) in [6.07, 6.45) is 4.16. The maximum absolute atomic E-state index is 12.4. The van der Waals surface area contributed by atoms with Crippen molar-refractivity contribution >= 4 is 10.0 Å². The Balaban J connectivity index is 1.89. The molecule has 1 aliphatic rings. The third kappa shape index (κ3) is 2.36. The Morgan fingerprint density at radius 1 is 1.20 bits per heavy atom. The van der Waals surface area contributed by atoms with E-state index < -0.39 is 10.0 Å². The quantitative estimate of drug-likeness (QED) is 0.858. The van der Waals surface area contributed by atoms with Crippen molar-refractivity contribution in [2.24, 2.45) is 0 Å². The zero-order valence-corrected chi connectivity index (χ0v) is 11.9. The molecule has 0 radical (unpaired) electrons. The molecule has 0 spiro atoms. The maximum atomic E-state index is 12.4. The lowest BCUT2D eigenvalue weighted by Crippen LogP contribution is -2.35. The molecule has 0 bridgehead atoms. The van der Waals surface area contributed by atoms with E-state index >= 15 is 0 Å². The van der Waals surface area contributed by atoms with Crippen molar-refractivity contribution in [1.82, 2.24) is 14.5 Å². The second-order valence-corrected chi connectivity index (χ2v) is 6.61. The van der Waals surface area contributed by atoms with Crippen LogP contribution in [-0.4, -0.2) is 36.0 Å². The number of piperidine rings is 1. The summed E-state index contributed by atoms with van der Waals surface area (Å²) in [5.74, 6) is 0.674. The first-order valence-corrected chi connectivity index (χ1v) is 7.90. The lowest BCUT2D eigenvalue weighted by molar-refractivity contribution is 0.332. The molecule has 108 valence electrons. The average molecular weight is 297 g/mol. The third-order valence-electron chi connectivity index (χ3n) is 3.26. The van der Waals surface area contributed by atoms with Crippen molar-refractivity contribution in [3.05, 3.63) is 18.2 Å². The van der Waals surface area contributed by atoms with Crippen LogP contribution in [0.1, 0.15) is 25.2 Å². The number of nitrogens with zero attached hydrogens (tertiary/aromatic N) is 3. The van der Waals surface area contributed by atoms with Gasteiger partial charge in [0.1, 0.15) is 6.26 Å². The summed E-state index contributed by atoms with van der Waals surface area (Å²) in [5.41, 5.74) is 0.473. The molecular formula is C12H15N3O4S. The fourth-order valence-electron chi connectivity index (χ4n) is 2.21. The van der Waals surface area contributed by atoms with Crippen molar-refractivity contribution < 1.29 is 17.3 Å². The van der Waals surface area contributed by atoms with Crippen molar-refractivity contribution in [2.75, 3.05) is 13.1 Å². The van der Waals surface area contributed by atoms with E-state index in [2.05, 4.69) is 10.2 Å². The molecule has 7 nitrogen and oxygen atoms in total. The molecule has 0 amide bonds. The number of hydrogen-bond acceptors (Lipinski definition) is 6. The summed E-state index contributed by atoms with van der Waals surface area (Å²) in [6.45, 7) is 2.75. The Labute approximate surface area is 116 Å². The lowest BCUT2D eigenvalue weighted by Gasteiger charge is -2.24. The van der Waals surface area contributed by atoms with Crippen molar-refractivity contribution in [3.8, 4) is 11.5 Å². The van der Waals surface area contributed by atoms with Crippen LogP contribution in [0.2, 0.25) is 0 Å². The first kappa shape index (κ1) is 13.3. The van der Waals surface area contributed by atoms with E-state index in [-0.39, 0.29) is 11.0 Å². The third-order valence-corrected chi connectivity index (χ3v) is 5.03. The Bertz CT molecular complexity index is 698. The number of sulfonamides is 1. The van der Waals surface area contributed by atoms with Gasteiger partial charge in [0.25, 0.3) is 15.9 Å². The zero-order valence-electron chi connectivity index (χ0n) is 11.1. The van der Waals surface area contributed by atoms with Crippen LogP contribution in [0.15, 0.2) is 26.3 Å². The lowest BCUT2D eigenvalue weighted by atomic mass is 10.2. The molecule has 0 saturated carbocycles. The van der Waals surface area contributed by atoms with Gasteiger partial charge < -0.3 is 8.83 Å². The van der Waals surface area contributed by atoms with Gasteiger partial charge in [-0.25, -0.2) is 8.42 Å². The van der Waals surface area contributed by atoms with Crippen LogP contribution in [-0.2, 0) is 10.0 Å². The van der Waals surface area contributed by atoms with E-state index in [1.165, 1.54) is 16.6 Å². The van der Waals surface area contributed by atoms with Crippen LogP contribution in [0.25, 0.3) is 11.5 Å². The van der Waals surface area contributed by atoms with E-state index in [9.17, 15) is 8.42 Å². The molecule has 3 rings (SSSR count). The summed E-state index contributed by atoms with van der Waals surface area (Å²) in [5, 5.41) is 7.47. The monoisotopic (exact) mass is 297 g/mol. The second kappa shape index (κ2) is 5.02. The Hall–Kier alpha value is -1.67. The number of hydrogen-bond donors (Lipinski definition) is 0. The summed E-state index contributed by atoms with van der Waals surface area (Å²) in [7, 11) is -3.57. The highest BCUT2D eigenvalue weighted by atomic mass is 32.2. The molecule has 0 aromatic carbocycles. The van der Waals surface area contributed by atoms with Crippen molar-refractivity contribution in [2.45, 2.75) is 31.3 Å². The average Bonchev–Trinajstić information content (AvgIpc) is 3.08. The summed E-state index contributed by atoms with van der Waals surface area (Å²) >= 11 is 0. The fourth-order valence-corrected chi connectivity index (χ4v) is 3.65. The molecule has 2 aromatic heterocycles. The highest BCUT2D eigenvalue weighted by molar-refractivity contribution is 7.89. The number of aryl methyl sites for hydroxylation is 1. The second-order valence-electron chi connectivity index (χ2n) is 4.75. The van der Waals surface area contributed by atoms with Gasteiger partial charge in [-0.05, 0) is 12.8 Å². The predicted molar refractivity (Wildman–Crippen MR) is 69.3 cm³/mol. The van der Waals surface area contributed by atoms with Crippen LogP contribution in [0.4, 0.5) is 0 Å². The molecule has 3 heterocycles. The molecule has 2 aromatic rings. The van der Waals surface area contributed by atoms with Crippen LogP contribution < -0.4 is 0 Å². The standard InChI is InChI=1S/C12H15N3O4S/c1-9-13-14-12(19-9)10-7-11(18-8-10)20(16,17)15-5-3-2-4-6-15/h7-8H,2-6H2,1H3. The minimum Gasteiger partial charge on any atom is -0.451 e. The normalized spacial score (nSPS) is 17.4. The molecular weight excluding hydrogens is 282 g/mol.